The minimum absolute atomic E-state index is 0.111. The second kappa shape index (κ2) is 3.97. The number of rotatable bonds is 2. The standard InChI is InChI=1S/C14H20O/c1-14(2)9-8-12(13(14)15)10-11-6-4-3-5-7-11/h3-7,12-13,15H,8-10H2,1-2H3/t12-,13+/m1/s1. The molecule has 1 aromatic rings. The van der Waals surface area contributed by atoms with Crippen molar-refractivity contribution in [3.05, 3.63) is 35.9 Å². The highest BCUT2D eigenvalue weighted by Crippen LogP contribution is 2.42. The molecule has 1 aromatic carbocycles. The van der Waals surface area contributed by atoms with Crippen LogP contribution < -0.4 is 0 Å². The van der Waals surface area contributed by atoms with Gasteiger partial charge in [-0.05, 0) is 36.2 Å². The molecular weight excluding hydrogens is 184 g/mol. The summed E-state index contributed by atoms with van der Waals surface area (Å²) in [7, 11) is 0. The van der Waals surface area contributed by atoms with Crippen molar-refractivity contribution in [2.75, 3.05) is 0 Å². The van der Waals surface area contributed by atoms with Crippen LogP contribution in [0, 0.1) is 11.3 Å². The molecule has 1 nitrogen and oxygen atoms in total. The number of hydrogen-bond acceptors (Lipinski definition) is 1. The van der Waals surface area contributed by atoms with E-state index in [0.29, 0.717) is 5.92 Å². The summed E-state index contributed by atoms with van der Waals surface area (Å²) in [5.41, 5.74) is 1.46. The minimum atomic E-state index is -0.141. The highest BCUT2D eigenvalue weighted by atomic mass is 16.3. The maximum Gasteiger partial charge on any atom is 0.0622 e. The van der Waals surface area contributed by atoms with E-state index in [4.69, 9.17) is 0 Å². The lowest BCUT2D eigenvalue weighted by atomic mass is 9.85. The van der Waals surface area contributed by atoms with Gasteiger partial charge in [0.05, 0.1) is 6.10 Å². The SMILES string of the molecule is CC1(C)CC[C@H](Cc2ccccc2)[C@@H]1O. The third-order valence-corrected chi connectivity index (χ3v) is 3.75. The van der Waals surface area contributed by atoms with Gasteiger partial charge in [-0.25, -0.2) is 0 Å². The van der Waals surface area contributed by atoms with Crippen molar-refractivity contribution in [3.8, 4) is 0 Å². The molecule has 0 spiro atoms. The highest BCUT2D eigenvalue weighted by molar-refractivity contribution is 5.16. The van der Waals surface area contributed by atoms with Crippen LogP contribution in [0.15, 0.2) is 30.3 Å². The van der Waals surface area contributed by atoms with E-state index >= 15 is 0 Å². The largest absolute Gasteiger partial charge is 0.392 e. The van der Waals surface area contributed by atoms with Gasteiger partial charge in [-0.1, -0.05) is 44.2 Å². The van der Waals surface area contributed by atoms with Crippen molar-refractivity contribution in [1.82, 2.24) is 0 Å². The molecule has 1 saturated carbocycles. The van der Waals surface area contributed by atoms with E-state index in [2.05, 4.69) is 38.1 Å². The summed E-state index contributed by atoms with van der Waals surface area (Å²) >= 11 is 0. The monoisotopic (exact) mass is 204 g/mol. The Morgan fingerprint density at radius 3 is 2.47 bits per heavy atom. The molecular formula is C14H20O. The maximum atomic E-state index is 10.2. The van der Waals surface area contributed by atoms with Gasteiger partial charge in [0.25, 0.3) is 0 Å². The van der Waals surface area contributed by atoms with Gasteiger partial charge in [0.15, 0.2) is 0 Å². The van der Waals surface area contributed by atoms with Crippen LogP contribution in [0.4, 0.5) is 0 Å². The number of aliphatic hydroxyl groups excluding tert-OH is 1. The van der Waals surface area contributed by atoms with Crippen LogP contribution in [0.2, 0.25) is 0 Å². The fraction of sp³-hybridized carbons (Fsp3) is 0.571. The molecule has 0 heterocycles. The van der Waals surface area contributed by atoms with Gasteiger partial charge in [0.1, 0.15) is 0 Å². The summed E-state index contributed by atoms with van der Waals surface area (Å²) in [5.74, 6) is 0.447. The lowest BCUT2D eigenvalue weighted by molar-refractivity contribution is 0.0462. The lowest BCUT2D eigenvalue weighted by Gasteiger charge is -2.25. The Morgan fingerprint density at radius 1 is 1.27 bits per heavy atom. The summed E-state index contributed by atoms with van der Waals surface area (Å²) < 4.78 is 0. The molecule has 0 amide bonds. The van der Waals surface area contributed by atoms with Gasteiger partial charge in [-0.2, -0.15) is 0 Å². The van der Waals surface area contributed by atoms with Crippen LogP contribution >= 0.6 is 0 Å². The molecule has 1 fully saturated rings. The predicted octanol–water partition coefficient (Wildman–Crippen LogP) is 3.03. The minimum Gasteiger partial charge on any atom is -0.392 e. The molecule has 15 heavy (non-hydrogen) atoms. The van der Waals surface area contributed by atoms with E-state index in [1.165, 1.54) is 5.56 Å². The van der Waals surface area contributed by atoms with Crippen molar-refractivity contribution in [1.29, 1.82) is 0 Å². The first kappa shape index (κ1) is 10.7. The van der Waals surface area contributed by atoms with Crippen LogP contribution in [0.1, 0.15) is 32.3 Å². The van der Waals surface area contributed by atoms with E-state index in [9.17, 15) is 5.11 Å². The number of aliphatic hydroxyl groups is 1. The zero-order valence-corrected chi connectivity index (χ0v) is 9.61. The quantitative estimate of drug-likeness (QED) is 0.785. The number of hydrogen-bond donors (Lipinski definition) is 1. The smallest absolute Gasteiger partial charge is 0.0622 e. The molecule has 1 aliphatic rings. The van der Waals surface area contributed by atoms with Crippen LogP contribution in [-0.2, 0) is 6.42 Å². The third kappa shape index (κ3) is 2.23. The van der Waals surface area contributed by atoms with E-state index in [0.717, 1.165) is 19.3 Å². The summed E-state index contributed by atoms with van der Waals surface area (Å²) in [6.07, 6.45) is 3.18. The van der Waals surface area contributed by atoms with Crippen LogP contribution in [0.25, 0.3) is 0 Å². The Kier molecular flexibility index (Phi) is 2.83. The number of benzene rings is 1. The van der Waals surface area contributed by atoms with E-state index < -0.39 is 0 Å². The average molecular weight is 204 g/mol. The third-order valence-electron chi connectivity index (χ3n) is 3.75. The Bertz CT molecular complexity index is 315. The second-order valence-electron chi connectivity index (χ2n) is 5.42. The van der Waals surface area contributed by atoms with E-state index in [1.807, 2.05) is 6.07 Å². The van der Waals surface area contributed by atoms with Gasteiger partial charge in [0.2, 0.25) is 0 Å². The molecule has 1 heteroatoms. The van der Waals surface area contributed by atoms with E-state index in [1.54, 1.807) is 0 Å². The Balaban J connectivity index is 2.03. The van der Waals surface area contributed by atoms with Crippen molar-refractivity contribution in [2.24, 2.45) is 11.3 Å². The molecule has 0 saturated heterocycles. The van der Waals surface area contributed by atoms with Crippen molar-refractivity contribution < 1.29 is 5.11 Å². The molecule has 0 unspecified atom stereocenters. The lowest BCUT2D eigenvalue weighted by Crippen LogP contribution is -2.28. The first-order valence-electron chi connectivity index (χ1n) is 5.81. The Hall–Kier alpha value is -0.820. The zero-order valence-electron chi connectivity index (χ0n) is 9.61. The van der Waals surface area contributed by atoms with Crippen molar-refractivity contribution >= 4 is 0 Å². The molecule has 0 bridgehead atoms. The van der Waals surface area contributed by atoms with Gasteiger partial charge in [-0.15, -0.1) is 0 Å². The molecule has 0 radical (unpaired) electrons. The molecule has 2 atom stereocenters. The molecule has 0 aliphatic heterocycles. The first-order chi connectivity index (χ1) is 7.09. The fourth-order valence-corrected chi connectivity index (χ4v) is 2.63. The molecule has 82 valence electrons. The van der Waals surface area contributed by atoms with Crippen molar-refractivity contribution in [2.45, 2.75) is 39.2 Å². The van der Waals surface area contributed by atoms with E-state index in [-0.39, 0.29) is 11.5 Å². The summed E-state index contributed by atoms with van der Waals surface area (Å²) in [4.78, 5) is 0. The molecule has 1 N–H and O–H groups in total. The molecule has 2 rings (SSSR count). The van der Waals surface area contributed by atoms with Crippen molar-refractivity contribution in [3.63, 3.8) is 0 Å². The van der Waals surface area contributed by atoms with Crippen LogP contribution in [-0.4, -0.2) is 11.2 Å². The summed E-state index contributed by atoms with van der Waals surface area (Å²) in [6.45, 7) is 4.34. The van der Waals surface area contributed by atoms with Gasteiger partial charge in [-0.3, -0.25) is 0 Å². The highest BCUT2D eigenvalue weighted by Gasteiger charge is 2.40. The predicted molar refractivity (Wildman–Crippen MR) is 62.7 cm³/mol. The van der Waals surface area contributed by atoms with Crippen LogP contribution in [0.3, 0.4) is 0 Å². The maximum absolute atomic E-state index is 10.2. The Morgan fingerprint density at radius 2 is 1.93 bits per heavy atom. The van der Waals surface area contributed by atoms with Gasteiger partial charge < -0.3 is 5.11 Å². The first-order valence-corrected chi connectivity index (χ1v) is 5.81. The summed E-state index contributed by atoms with van der Waals surface area (Å²) in [6, 6.07) is 10.5. The van der Waals surface area contributed by atoms with Crippen LogP contribution in [0.5, 0.6) is 0 Å². The Labute approximate surface area is 92.1 Å². The summed E-state index contributed by atoms with van der Waals surface area (Å²) in [5, 5.41) is 10.2. The zero-order chi connectivity index (χ0) is 10.9. The fourth-order valence-electron chi connectivity index (χ4n) is 2.63. The molecule has 1 aliphatic carbocycles. The van der Waals surface area contributed by atoms with Gasteiger partial charge in [0, 0.05) is 0 Å². The normalized spacial score (nSPS) is 29.3. The topological polar surface area (TPSA) is 20.2 Å². The van der Waals surface area contributed by atoms with Gasteiger partial charge >= 0.3 is 0 Å². The molecule has 0 aromatic heterocycles. The average Bonchev–Trinajstić information content (AvgIpc) is 2.47. The second-order valence-corrected chi connectivity index (χ2v) is 5.42.